The van der Waals surface area contributed by atoms with Crippen molar-refractivity contribution in [3.05, 3.63) is 29.8 Å². The fourth-order valence-corrected chi connectivity index (χ4v) is 2.54. The Hall–Kier alpha value is -2.45. The van der Waals surface area contributed by atoms with Gasteiger partial charge >= 0.3 is 59.5 Å². The van der Waals surface area contributed by atoms with Crippen LogP contribution in [0, 0.1) is 0 Å². The SMILES string of the molecule is COc1ccc(C(F)(F)C(F)(F)C(F)(F)C(F)(F)C(F)(F)C(F)(F)C(F)(F)C(F)(F)C(F)(F)C(F)(F)F)cc1. The lowest BCUT2D eigenvalue weighted by molar-refractivity contribution is -0.474. The summed E-state index contributed by atoms with van der Waals surface area (Å²) in [4.78, 5) is 0. The van der Waals surface area contributed by atoms with E-state index >= 15 is 0 Å². The minimum atomic E-state index is -9.18. The van der Waals surface area contributed by atoms with Crippen molar-refractivity contribution in [2.75, 3.05) is 7.11 Å². The van der Waals surface area contributed by atoms with E-state index in [1.165, 1.54) is 0 Å². The molecule has 1 aromatic rings. The first-order valence-corrected chi connectivity index (χ1v) is 8.90. The largest absolute Gasteiger partial charge is 0.497 e. The van der Waals surface area contributed by atoms with Gasteiger partial charge in [0.2, 0.25) is 0 Å². The van der Waals surface area contributed by atoms with Crippen molar-refractivity contribution >= 4 is 0 Å². The van der Waals surface area contributed by atoms with Gasteiger partial charge in [-0.15, -0.1) is 0 Å². The number of alkyl halides is 21. The molecule has 1 aromatic carbocycles. The highest BCUT2D eigenvalue weighted by molar-refractivity contribution is 5.32. The van der Waals surface area contributed by atoms with Crippen LogP contribution in [-0.4, -0.2) is 60.7 Å². The molecular weight excluding hydrogens is 619 g/mol. The lowest BCUT2D eigenvalue weighted by atomic mass is 9.85. The minimum absolute atomic E-state index is 0.252. The van der Waals surface area contributed by atoms with Crippen LogP contribution in [0.1, 0.15) is 5.56 Å². The Labute approximate surface area is 200 Å². The van der Waals surface area contributed by atoms with E-state index in [2.05, 4.69) is 4.74 Å². The molecule has 0 aliphatic heterocycles. The van der Waals surface area contributed by atoms with Crippen LogP contribution >= 0.6 is 0 Å². The summed E-state index contributed by atoms with van der Waals surface area (Å²) in [5.41, 5.74) is -2.46. The third kappa shape index (κ3) is 4.29. The normalized spacial score (nSPS) is 15.9. The molecule has 0 fully saturated rings. The molecule has 1 rings (SSSR count). The third-order valence-electron chi connectivity index (χ3n) is 4.96. The Morgan fingerprint density at radius 2 is 0.641 bits per heavy atom. The third-order valence-corrected chi connectivity index (χ3v) is 4.96. The minimum Gasteiger partial charge on any atom is -0.497 e. The molecule has 0 heterocycles. The van der Waals surface area contributed by atoms with Gasteiger partial charge in [0.15, 0.2) is 0 Å². The fraction of sp³-hybridized carbons (Fsp3) is 0.647. The number of benzene rings is 1. The van der Waals surface area contributed by atoms with E-state index in [9.17, 15) is 92.2 Å². The van der Waals surface area contributed by atoms with Gasteiger partial charge in [-0.2, -0.15) is 92.2 Å². The van der Waals surface area contributed by atoms with Crippen molar-refractivity contribution in [1.29, 1.82) is 0 Å². The van der Waals surface area contributed by atoms with Crippen LogP contribution in [0.5, 0.6) is 5.75 Å². The summed E-state index contributed by atoms with van der Waals surface area (Å²) in [6.07, 6.45) is -8.01. The lowest BCUT2D eigenvalue weighted by Crippen LogP contribution is -2.76. The van der Waals surface area contributed by atoms with Gasteiger partial charge in [0.25, 0.3) is 0 Å². The Bertz CT molecular complexity index is 1020. The molecule has 0 saturated heterocycles. The van der Waals surface area contributed by atoms with E-state index in [-0.39, 0.29) is 24.3 Å². The summed E-state index contributed by atoms with van der Waals surface area (Å²) in [5, 5.41) is 0. The van der Waals surface area contributed by atoms with Crippen molar-refractivity contribution in [2.24, 2.45) is 0 Å². The van der Waals surface area contributed by atoms with Crippen molar-refractivity contribution < 1.29 is 96.9 Å². The number of rotatable bonds is 10. The molecule has 0 aliphatic carbocycles. The van der Waals surface area contributed by atoms with E-state index in [1.807, 2.05) is 0 Å². The molecule has 0 aliphatic rings. The maximum absolute atomic E-state index is 14.1. The van der Waals surface area contributed by atoms with Gasteiger partial charge in [0.1, 0.15) is 5.75 Å². The van der Waals surface area contributed by atoms with E-state index in [4.69, 9.17) is 0 Å². The van der Waals surface area contributed by atoms with E-state index < -0.39 is 70.8 Å². The first-order chi connectivity index (χ1) is 16.8. The first-order valence-electron chi connectivity index (χ1n) is 8.90. The second-order valence-electron chi connectivity index (χ2n) is 7.40. The van der Waals surface area contributed by atoms with Crippen molar-refractivity contribution in [2.45, 2.75) is 59.5 Å². The van der Waals surface area contributed by atoms with Crippen molar-refractivity contribution in [3.8, 4) is 5.75 Å². The van der Waals surface area contributed by atoms with Gasteiger partial charge in [0, 0.05) is 5.56 Å². The van der Waals surface area contributed by atoms with Crippen molar-refractivity contribution in [1.82, 2.24) is 0 Å². The monoisotopic (exact) mass is 626 g/mol. The van der Waals surface area contributed by atoms with E-state index in [1.54, 1.807) is 0 Å². The molecule has 1 nitrogen and oxygen atoms in total. The molecular formula is C17H7F21O. The summed E-state index contributed by atoms with van der Waals surface area (Å²) in [5.74, 6) is -77.7. The van der Waals surface area contributed by atoms with Crippen LogP contribution in [0.2, 0.25) is 0 Å². The first kappa shape index (κ1) is 34.6. The smallest absolute Gasteiger partial charge is 0.460 e. The van der Waals surface area contributed by atoms with Crippen LogP contribution in [0.4, 0.5) is 92.2 Å². The quantitative estimate of drug-likeness (QED) is 0.237. The summed E-state index contributed by atoms with van der Waals surface area (Å²) in [6.45, 7) is 0. The number of ether oxygens (including phenoxy) is 1. The molecule has 0 N–H and O–H groups in total. The Balaban J connectivity index is 3.80. The molecule has 0 atom stereocenters. The molecule has 0 aromatic heterocycles. The summed E-state index contributed by atoms with van der Waals surface area (Å²) in [6, 6.07) is -0.0765. The Morgan fingerprint density at radius 3 is 0.897 bits per heavy atom. The number of hydrogen-bond acceptors (Lipinski definition) is 1. The Morgan fingerprint density at radius 1 is 0.385 bits per heavy atom. The van der Waals surface area contributed by atoms with Gasteiger partial charge in [-0.3, -0.25) is 0 Å². The van der Waals surface area contributed by atoms with E-state index in [0.29, 0.717) is 0 Å². The topological polar surface area (TPSA) is 9.23 Å². The zero-order valence-corrected chi connectivity index (χ0v) is 17.7. The highest BCUT2D eigenvalue weighted by Crippen LogP contribution is 2.66. The zero-order valence-electron chi connectivity index (χ0n) is 17.7. The van der Waals surface area contributed by atoms with E-state index in [0.717, 1.165) is 7.11 Å². The summed E-state index contributed by atoms with van der Waals surface area (Å²) < 4.78 is 285. The molecule has 22 heteroatoms. The van der Waals surface area contributed by atoms with Crippen LogP contribution in [0.15, 0.2) is 24.3 Å². The van der Waals surface area contributed by atoms with Crippen LogP contribution < -0.4 is 4.74 Å². The van der Waals surface area contributed by atoms with Gasteiger partial charge < -0.3 is 4.74 Å². The molecule has 39 heavy (non-hydrogen) atoms. The second kappa shape index (κ2) is 9.03. The average Bonchev–Trinajstić information content (AvgIpc) is 2.77. The predicted octanol–water partition coefficient (Wildman–Crippen LogP) is 8.43. The van der Waals surface area contributed by atoms with Crippen LogP contribution in [0.25, 0.3) is 0 Å². The van der Waals surface area contributed by atoms with Crippen LogP contribution in [-0.2, 0) is 5.92 Å². The molecule has 0 spiro atoms. The summed E-state index contributed by atoms with van der Waals surface area (Å²) >= 11 is 0. The lowest BCUT2D eigenvalue weighted by Gasteiger charge is -2.44. The zero-order chi connectivity index (χ0) is 31.7. The highest BCUT2D eigenvalue weighted by Gasteiger charge is 2.97. The van der Waals surface area contributed by atoms with Gasteiger partial charge in [0.05, 0.1) is 7.11 Å². The number of hydrogen-bond donors (Lipinski definition) is 0. The number of methoxy groups -OCH3 is 1. The fourth-order valence-electron chi connectivity index (χ4n) is 2.54. The highest BCUT2D eigenvalue weighted by atomic mass is 19.4. The van der Waals surface area contributed by atoms with Gasteiger partial charge in [-0.1, -0.05) is 0 Å². The molecule has 0 radical (unpaired) electrons. The van der Waals surface area contributed by atoms with Gasteiger partial charge in [-0.05, 0) is 24.3 Å². The molecule has 0 saturated carbocycles. The average molecular weight is 626 g/mol. The Kier molecular flexibility index (Phi) is 8.01. The van der Waals surface area contributed by atoms with Crippen LogP contribution in [0.3, 0.4) is 0 Å². The maximum Gasteiger partial charge on any atom is 0.460 e. The molecule has 0 bridgehead atoms. The number of halogens is 21. The molecule has 0 amide bonds. The van der Waals surface area contributed by atoms with Gasteiger partial charge in [-0.25, -0.2) is 0 Å². The maximum atomic E-state index is 14.1. The standard InChI is InChI=1S/C17H7F21O/c1-39-7-4-2-6(3-5-7)8(18,19)9(20,21)10(22,23)11(24,25)12(26,27)13(28,29)14(30,31)15(32,33)16(34,35)17(36,37)38/h2-5H,1H3. The predicted molar refractivity (Wildman–Crippen MR) is 82.5 cm³/mol. The summed E-state index contributed by atoms with van der Waals surface area (Å²) in [7, 11) is 0.808. The van der Waals surface area contributed by atoms with Crippen molar-refractivity contribution in [3.63, 3.8) is 0 Å². The molecule has 0 unspecified atom stereocenters. The second-order valence-corrected chi connectivity index (χ2v) is 7.40. The molecule has 228 valence electrons.